The molecule has 0 bridgehead atoms. The number of carbonyl (C=O) groups excluding carboxylic acids is 2. The van der Waals surface area contributed by atoms with Crippen LogP contribution in [0.3, 0.4) is 0 Å². The minimum absolute atomic E-state index is 0.0875. The van der Waals surface area contributed by atoms with E-state index in [1.165, 1.54) is 19.3 Å². The Morgan fingerprint density at radius 3 is 1.66 bits per heavy atom. The lowest BCUT2D eigenvalue weighted by molar-refractivity contribution is -0.161. The van der Waals surface area contributed by atoms with Gasteiger partial charge in [0.25, 0.3) is 0 Å². The van der Waals surface area contributed by atoms with Gasteiger partial charge in [-0.3, -0.25) is 23.2 Å². The van der Waals surface area contributed by atoms with Gasteiger partial charge in [-0.2, -0.15) is 0 Å². The molecule has 352 valence electrons. The molecule has 6 N–H and O–H groups in total. The number of aliphatic hydroxyl groups excluding tert-OH is 3. The zero-order valence-electron chi connectivity index (χ0n) is 36.5. The second-order valence-corrected chi connectivity index (χ2v) is 17.2. The maximum Gasteiger partial charge on any atom is 0.472 e. The number of aliphatic hydroxyl groups is 3. The molecule has 3 unspecified atom stereocenters. The van der Waals surface area contributed by atoms with Gasteiger partial charge in [-0.05, 0) is 83.5 Å². The van der Waals surface area contributed by atoms with Crippen molar-refractivity contribution in [3.05, 3.63) is 72.9 Å². The molecule has 0 aromatic carbocycles. The summed E-state index contributed by atoms with van der Waals surface area (Å²) in [5.41, 5.74) is 0. The maximum absolute atomic E-state index is 12.7. The van der Waals surface area contributed by atoms with Crippen molar-refractivity contribution < 1.29 is 71.8 Å². The Labute approximate surface area is 364 Å². The number of allylic oxidation sites excluding steroid dienone is 11. The van der Waals surface area contributed by atoms with Gasteiger partial charge in [-0.1, -0.05) is 119 Å². The van der Waals surface area contributed by atoms with E-state index in [9.17, 15) is 38.9 Å². The first-order valence-electron chi connectivity index (χ1n) is 21.8. The monoisotopic (exact) mass is 906 g/mol. The Morgan fingerprint density at radius 2 is 1.05 bits per heavy atom. The third-order valence-corrected chi connectivity index (χ3v) is 10.2. The largest absolute Gasteiger partial charge is 0.472 e. The first-order valence-corrected chi connectivity index (χ1v) is 24.8. The van der Waals surface area contributed by atoms with E-state index in [-0.39, 0.29) is 32.1 Å². The number of rotatable bonds is 40. The van der Waals surface area contributed by atoms with Crippen molar-refractivity contribution in [3.8, 4) is 0 Å². The standard InChI is InChI=1S/C44H76O15P2/c1-3-5-7-9-11-13-15-17-18-19-21-23-25-27-29-33-43(48)55-37-40(38-58-61(53,54)57-36-39(45)35-56-60(50,51)52)59-44(49)34-30-32-42(47)41(46)31-28-26-24-22-20-16-14-12-10-8-6-4-2/h5,7,11-14,17-18,20,22,26,28,39-42,45-47H,3-4,6,8-10,15-16,19,21,23-25,27,29-38H2,1-2H3,(H,53,54)(H2,50,51,52)/b7-5-,13-11-,14-12-,18-17-,22-20-,28-26-/t39-,40+,41?,42?/m0/s1. The van der Waals surface area contributed by atoms with Crippen molar-refractivity contribution in [1.82, 2.24) is 0 Å². The van der Waals surface area contributed by atoms with Crippen molar-refractivity contribution in [2.75, 3.05) is 26.4 Å². The summed E-state index contributed by atoms with van der Waals surface area (Å²) >= 11 is 0. The van der Waals surface area contributed by atoms with Crippen LogP contribution in [0.2, 0.25) is 0 Å². The summed E-state index contributed by atoms with van der Waals surface area (Å²) in [6, 6.07) is 0. The zero-order valence-corrected chi connectivity index (χ0v) is 38.2. The van der Waals surface area contributed by atoms with Gasteiger partial charge in [0.1, 0.15) is 12.7 Å². The zero-order chi connectivity index (χ0) is 45.5. The van der Waals surface area contributed by atoms with Crippen LogP contribution in [0.25, 0.3) is 0 Å². The molecule has 0 spiro atoms. The Hall–Kier alpha value is -2.52. The second kappa shape index (κ2) is 39.1. The van der Waals surface area contributed by atoms with Gasteiger partial charge in [0.05, 0.1) is 32.0 Å². The number of esters is 2. The minimum atomic E-state index is -4.90. The second-order valence-electron chi connectivity index (χ2n) is 14.5. The lowest BCUT2D eigenvalue weighted by Crippen LogP contribution is -2.30. The van der Waals surface area contributed by atoms with E-state index in [1.54, 1.807) is 6.08 Å². The molecule has 61 heavy (non-hydrogen) atoms. The minimum Gasteiger partial charge on any atom is -0.462 e. The average molecular weight is 907 g/mol. The molecule has 0 aliphatic heterocycles. The molecule has 0 saturated carbocycles. The third kappa shape index (κ3) is 41.3. The molecule has 15 nitrogen and oxygen atoms in total. The highest BCUT2D eigenvalue weighted by Crippen LogP contribution is 2.43. The molecule has 0 heterocycles. The fraction of sp³-hybridized carbons (Fsp3) is 0.682. The van der Waals surface area contributed by atoms with Gasteiger partial charge in [-0.15, -0.1) is 0 Å². The van der Waals surface area contributed by atoms with Gasteiger partial charge in [0, 0.05) is 12.8 Å². The van der Waals surface area contributed by atoms with Crippen molar-refractivity contribution in [1.29, 1.82) is 0 Å². The highest BCUT2D eigenvalue weighted by Gasteiger charge is 2.28. The number of ether oxygens (including phenoxy) is 2. The molecule has 17 heteroatoms. The maximum atomic E-state index is 12.7. The first-order chi connectivity index (χ1) is 29.2. The highest BCUT2D eigenvalue weighted by atomic mass is 31.2. The number of unbranched alkanes of at least 4 members (excludes halogenated alkanes) is 8. The molecule has 0 rings (SSSR count). The van der Waals surface area contributed by atoms with Gasteiger partial charge in [0.15, 0.2) is 6.10 Å². The lowest BCUT2D eigenvalue weighted by atomic mass is 10.0. The van der Waals surface area contributed by atoms with E-state index in [0.29, 0.717) is 12.8 Å². The van der Waals surface area contributed by atoms with E-state index < -0.39 is 78.4 Å². The summed E-state index contributed by atoms with van der Waals surface area (Å²) in [7, 11) is -9.80. The van der Waals surface area contributed by atoms with E-state index in [4.69, 9.17) is 23.8 Å². The fourth-order valence-electron chi connectivity index (χ4n) is 5.35. The summed E-state index contributed by atoms with van der Waals surface area (Å²) < 4.78 is 47.5. The van der Waals surface area contributed by atoms with Crippen LogP contribution >= 0.6 is 15.6 Å². The Balaban J connectivity index is 4.80. The molecule has 0 fully saturated rings. The molecular weight excluding hydrogens is 830 g/mol. The number of phosphoric ester groups is 2. The predicted molar refractivity (Wildman–Crippen MR) is 237 cm³/mol. The van der Waals surface area contributed by atoms with Gasteiger partial charge < -0.3 is 39.5 Å². The predicted octanol–water partition coefficient (Wildman–Crippen LogP) is 8.95. The Morgan fingerprint density at radius 1 is 0.541 bits per heavy atom. The number of hydrogen-bond acceptors (Lipinski definition) is 12. The molecule has 5 atom stereocenters. The lowest BCUT2D eigenvalue weighted by Gasteiger charge is -2.21. The molecule has 0 aromatic heterocycles. The summed E-state index contributed by atoms with van der Waals surface area (Å²) in [4.78, 5) is 52.7. The van der Waals surface area contributed by atoms with Gasteiger partial charge in [-0.25, -0.2) is 9.13 Å². The smallest absolute Gasteiger partial charge is 0.462 e. The van der Waals surface area contributed by atoms with Crippen molar-refractivity contribution in [2.24, 2.45) is 0 Å². The fourth-order valence-corrected chi connectivity index (χ4v) is 6.50. The van der Waals surface area contributed by atoms with Crippen molar-refractivity contribution >= 4 is 27.6 Å². The Kier molecular flexibility index (Phi) is 37.5. The van der Waals surface area contributed by atoms with E-state index >= 15 is 0 Å². The summed E-state index contributed by atoms with van der Waals surface area (Å²) in [5.74, 6) is -1.34. The molecule has 0 aliphatic carbocycles. The number of phosphoric acid groups is 2. The van der Waals surface area contributed by atoms with Crippen LogP contribution in [0.5, 0.6) is 0 Å². The number of carbonyl (C=O) groups is 2. The summed E-state index contributed by atoms with van der Waals surface area (Å²) in [5, 5.41) is 30.5. The van der Waals surface area contributed by atoms with Crippen LogP contribution in [0.15, 0.2) is 72.9 Å². The highest BCUT2D eigenvalue weighted by molar-refractivity contribution is 7.47. The SMILES string of the molecule is CC/C=C\C/C=C\C/C=C\CCCCCCCC(=O)OC[C@H](COP(=O)(O)OC[C@@H](O)COP(=O)(O)O)OC(=O)CCCC(O)C(O)C/C=C\C/C=C\C/C=C\CCCCC. The average Bonchev–Trinajstić information content (AvgIpc) is 3.21. The quantitative estimate of drug-likeness (QED) is 0.0146. The molecule has 0 amide bonds. The Bertz CT molecular complexity index is 1390. The molecule has 0 aliphatic rings. The van der Waals surface area contributed by atoms with Crippen LogP contribution in [0.1, 0.15) is 142 Å². The normalized spacial score (nSPS) is 15.7. The van der Waals surface area contributed by atoms with Crippen LogP contribution < -0.4 is 0 Å². The molecular formula is C44H76O15P2. The van der Waals surface area contributed by atoms with Crippen molar-refractivity contribution in [3.63, 3.8) is 0 Å². The van der Waals surface area contributed by atoms with Gasteiger partial charge >= 0.3 is 27.6 Å². The van der Waals surface area contributed by atoms with Crippen LogP contribution in [-0.4, -0.2) is 92.8 Å². The van der Waals surface area contributed by atoms with Crippen LogP contribution in [-0.2, 0) is 41.8 Å². The third-order valence-electron chi connectivity index (χ3n) is 8.77. The number of hydrogen-bond donors (Lipinski definition) is 6. The topological polar surface area (TPSA) is 236 Å². The van der Waals surface area contributed by atoms with E-state index in [1.807, 2.05) is 12.2 Å². The van der Waals surface area contributed by atoms with Crippen molar-refractivity contribution in [2.45, 2.75) is 167 Å². The van der Waals surface area contributed by atoms with Gasteiger partial charge in [0.2, 0.25) is 0 Å². The van der Waals surface area contributed by atoms with Crippen LogP contribution in [0, 0.1) is 0 Å². The first kappa shape index (κ1) is 58.5. The summed E-state index contributed by atoms with van der Waals surface area (Å²) in [6.45, 7) is 1.25. The summed E-state index contributed by atoms with van der Waals surface area (Å²) in [6.07, 6.45) is 34.9. The molecule has 0 saturated heterocycles. The van der Waals surface area contributed by atoms with Crippen LogP contribution in [0.4, 0.5) is 0 Å². The molecule has 0 radical (unpaired) electrons. The van der Waals surface area contributed by atoms with E-state index in [2.05, 4.69) is 77.6 Å². The van der Waals surface area contributed by atoms with E-state index in [0.717, 1.165) is 64.2 Å². The molecule has 0 aromatic rings.